The number of nitrogens with one attached hydrogen (secondary N) is 1. The fourth-order valence-corrected chi connectivity index (χ4v) is 1.82. The van der Waals surface area contributed by atoms with Gasteiger partial charge in [0.05, 0.1) is 17.1 Å². The Labute approximate surface area is 116 Å². The van der Waals surface area contributed by atoms with Crippen LogP contribution < -0.4 is 11.1 Å². The third-order valence-electron chi connectivity index (χ3n) is 2.95. The average Bonchev–Trinajstić information content (AvgIpc) is 2.45. The van der Waals surface area contributed by atoms with Crippen molar-refractivity contribution in [2.75, 3.05) is 11.1 Å². The number of anilines is 2. The molecule has 2 aromatic rings. The molecule has 0 radical (unpaired) electrons. The molecule has 20 heavy (non-hydrogen) atoms. The molecular formula is C14H16N4O2. The van der Waals surface area contributed by atoms with Crippen molar-refractivity contribution < 1.29 is 4.92 Å². The summed E-state index contributed by atoms with van der Waals surface area (Å²) in [5, 5.41) is 13.8. The lowest BCUT2D eigenvalue weighted by Crippen LogP contribution is -2.04. The van der Waals surface area contributed by atoms with E-state index < -0.39 is 4.92 Å². The van der Waals surface area contributed by atoms with E-state index in [0.717, 1.165) is 12.0 Å². The van der Waals surface area contributed by atoms with Gasteiger partial charge in [-0.1, -0.05) is 31.2 Å². The Morgan fingerprint density at radius 3 is 2.50 bits per heavy atom. The van der Waals surface area contributed by atoms with Crippen LogP contribution in [0.5, 0.6) is 0 Å². The van der Waals surface area contributed by atoms with Crippen LogP contribution in [0.3, 0.4) is 0 Å². The van der Waals surface area contributed by atoms with Gasteiger partial charge in [-0.25, -0.2) is 4.98 Å². The topological polar surface area (TPSA) is 94.1 Å². The highest BCUT2D eigenvalue weighted by Gasteiger charge is 2.09. The lowest BCUT2D eigenvalue weighted by molar-refractivity contribution is -0.384. The molecule has 0 amide bonds. The average molecular weight is 272 g/mol. The number of benzene rings is 1. The van der Waals surface area contributed by atoms with Crippen molar-refractivity contribution in [3.63, 3.8) is 0 Å². The smallest absolute Gasteiger partial charge is 0.276 e. The van der Waals surface area contributed by atoms with E-state index in [2.05, 4.69) is 29.4 Å². The fraction of sp³-hybridized carbons (Fsp3) is 0.214. The molecule has 0 saturated heterocycles. The Morgan fingerprint density at radius 1 is 1.25 bits per heavy atom. The van der Waals surface area contributed by atoms with Crippen molar-refractivity contribution in [3.8, 4) is 0 Å². The van der Waals surface area contributed by atoms with Crippen LogP contribution in [-0.4, -0.2) is 9.91 Å². The van der Waals surface area contributed by atoms with Gasteiger partial charge < -0.3 is 11.1 Å². The Morgan fingerprint density at radius 2 is 1.90 bits per heavy atom. The molecule has 6 nitrogen and oxygen atoms in total. The summed E-state index contributed by atoms with van der Waals surface area (Å²) in [6, 6.07) is 10.8. The van der Waals surface area contributed by atoms with E-state index in [-0.39, 0.29) is 11.5 Å². The molecule has 0 unspecified atom stereocenters. The lowest BCUT2D eigenvalue weighted by Gasteiger charge is -2.07. The van der Waals surface area contributed by atoms with E-state index in [4.69, 9.17) is 5.73 Å². The molecule has 1 aromatic heterocycles. The predicted molar refractivity (Wildman–Crippen MR) is 78.5 cm³/mol. The maximum absolute atomic E-state index is 10.7. The number of rotatable bonds is 5. The van der Waals surface area contributed by atoms with Gasteiger partial charge >= 0.3 is 0 Å². The largest absolute Gasteiger partial charge is 0.383 e. The number of hydrogen-bond donors (Lipinski definition) is 2. The minimum atomic E-state index is -0.487. The summed E-state index contributed by atoms with van der Waals surface area (Å²) in [7, 11) is 0. The van der Waals surface area contributed by atoms with Gasteiger partial charge in [-0.15, -0.1) is 0 Å². The van der Waals surface area contributed by atoms with Crippen LogP contribution in [0.4, 0.5) is 17.3 Å². The summed E-state index contributed by atoms with van der Waals surface area (Å²) in [4.78, 5) is 14.3. The molecular weight excluding hydrogens is 256 g/mol. The van der Waals surface area contributed by atoms with Gasteiger partial charge in [0, 0.05) is 6.54 Å². The molecule has 2 rings (SSSR count). The number of hydrogen-bond acceptors (Lipinski definition) is 5. The quantitative estimate of drug-likeness (QED) is 0.644. The second-order valence-corrected chi connectivity index (χ2v) is 4.42. The molecule has 0 aliphatic rings. The lowest BCUT2D eigenvalue weighted by atomic mass is 10.1. The summed E-state index contributed by atoms with van der Waals surface area (Å²) in [5.41, 5.74) is 7.83. The van der Waals surface area contributed by atoms with Gasteiger partial charge in [-0.3, -0.25) is 10.1 Å². The summed E-state index contributed by atoms with van der Waals surface area (Å²) >= 11 is 0. The third kappa shape index (κ3) is 3.44. The van der Waals surface area contributed by atoms with Crippen LogP contribution in [0.15, 0.2) is 36.4 Å². The van der Waals surface area contributed by atoms with Crippen molar-refractivity contribution in [1.29, 1.82) is 0 Å². The Kier molecular flexibility index (Phi) is 4.14. The highest BCUT2D eigenvalue weighted by molar-refractivity contribution is 5.52. The molecule has 0 bridgehead atoms. The van der Waals surface area contributed by atoms with Crippen LogP contribution in [0, 0.1) is 10.1 Å². The monoisotopic (exact) mass is 272 g/mol. The van der Waals surface area contributed by atoms with Gasteiger partial charge in [0.25, 0.3) is 5.69 Å². The number of aromatic nitrogens is 1. The minimum absolute atomic E-state index is 0.0682. The summed E-state index contributed by atoms with van der Waals surface area (Å²) < 4.78 is 0. The highest BCUT2D eigenvalue weighted by atomic mass is 16.6. The van der Waals surface area contributed by atoms with Crippen LogP contribution >= 0.6 is 0 Å². The summed E-state index contributed by atoms with van der Waals surface area (Å²) in [6.45, 7) is 2.64. The van der Waals surface area contributed by atoms with Crippen molar-refractivity contribution in [2.45, 2.75) is 19.9 Å². The van der Waals surface area contributed by atoms with Gasteiger partial charge in [0.15, 0.2) is 0 Å². The molecule has 6 heteroatoms. The van der Waals surface area contributed by atoms with Crippen LogP contribution in [0.2, 0.25) is 0 Å². The first kappa shape index (κ1) is 13.8. The third-order valence-corrected chi connectivity index (χ3v) is 2.95. The SMILES string of the molecule is CCc1ccc(CNc2cc([N+](=O)[O-])cc(N)n2)cc1. The maximum Gasteiger partial charge on any atom is 0.276 e. The summed E-state index contributed by atoms with van der Waals surface area (Å²) in [5.74, 6) is 0.527. The normalized spacial score (nSPS) is 10.2. The number of nitrogens with zero attached hydrogens (tertiary/aromatic N) is 2. The van der Waals surface area contributed by atoms with Gasteiger partial charge in [0.2, 0.25) is 0 Å². The molecule has 0 aliphatic heterocycles. The highest BCUT2D eigenvalue weighted by Crippen LogP contribution is 2.19. The first-order chi connectivity index (χ1) is 9.58. The Balaban J connectivity index is 2.08. The Hall–Kier alpha value is -2.63. The molecule has 0 atom stereocenters. The van der Waals surface area contributed by atoms with Crippen LogP contribution in [0.25, 0.3) is 0 Å². The predicted octanol–water partition coefficient (Wildman–Crippen LogP) is 2.75. The minimum Gasteiger partial charge on any atom is -0.383 e. The van der Waals surface area contributed by atoms with E-state index in [1.165, 1.54) is 17.7 Å². The molecule has 0 aliphatic carbocycles. The van der Waals surface area contributed by atoms with Crippen molar-refractivity contribution >= 4 is 17.3 Å². The molecule has 1 aromatic carbocycles. The van der Waals surface area contributed by atoms with Crippen molar-refractivity contribution in [2.24, 2.45) is 0 Å². The number of aryl methyl sites for hydroxylation is 1. The van der Waals surface area contributed by atoms with Gasteiger partial charge in [-0.2, -0.15) is 0 Å². The van der Waals surface area contributed by atoms with E-state index in [1.807, 2.05) is 12.1 Å². The van der Waals surface area contributed by atoms with E-state index in [9.17, 15) is 10.1 Å². The molecule has 0 spiro atoms. The van der Waals surface area contributed by atoms with Gasteiger partial charge in [-0.05, 0) is 17.5 Å². The van der Waals surface area contributed by atoms with Gasteiger partial charge in [0.1, 0.15) is 11.6 Å². The number of nitrogen functional groups attached to an aromatic ring is 1. The first-order valence-corrected chi connectivity index (χ1v) is 6.32. The second kappa shape index (κ2) is 6.01. The zero-order valence-corrected chi connectivity index (χ0v) is 11.2. The van der Waals surface area contributed by atoms with E-state index in [1.54, 1.807) is 0 Å². The number of nitro groups is 1. The molecule has 0 saturated carbocycles. The zero-order chi connectivity index (χ0) is 14.5. The second-order valence-electron chi connectivity index (χ2n) is 4.42. The fourth-order valence-electron chi connectivity index (χ4n) is 1.82. The molecule has 0 fully saturated rings. The van der Waals surface area contributed by atoms with E-state index >= 15 is 0 Å². The maximum atomic E-state index is 10.7. The van der Waals surface area contributed by atoms with Crippen molar-refractivity contribution in [3.05, 3.63) is 57.6 Å². The zero-order valence-electron chi connectivity index (χ0n) is 11.2. The van der Waals surface area contributed by atoms with E-state index in [0.29, 0.717) is 12.4 Å². The molecule has 1 heterocycles. The summed E-state index contributed by atoms with van der Waals surface area (Å²) in [6.07, 6.45) is 0.997. The number of pyridine rings is 1. The Bertz CT molecular complexity index is 611. The molecule has 104 valence electrons. The first-order valence-electron chi connectivity index (χ1n) is 6.32. The van der Waals surface area contributed by atoms with Crippen molar-refractivity contribution in [1.82, 2.24) is 4.98 Å². The van der Waals surface area contributed by atoms with Crippen LogP contribution in [0.1, 0.15) is 18.1 Å². The van der Waals surface area contributed by atoms with Crippen LogP contribution in [-0.2, 0) is 13.0 Å². The molecule has 3 N–H and O–H groups in total. The number of nitrogens with two attached hydrogens (primary N) is 1. The standard InChI is InChI=1S/C14H16N4O2/c1-2-10-3-5-11(6-4-10)9-16-14-8-12(18(19)20)7-13(15)17-14/h3-8H,2,9H2,1H3,(H3,15,16,17).